The predicted molar refractivity (Wildman–Crippen MR) is 57.9 cm³/mol. The quantitative estimate of drug-likeness (QED) is 0.675. The third-order valence-corrected chi connectivity index (χ3v) is 2.56. The predicted octanol–water partition coefficient (Wildman–Crippen LogP) is -0.598. The van der Waals surface area contributed by atoms with E-state index in [2.05, 4.69) is 5.32 Å². The number of piperazine rings is 1. The molecule has 2 N–H and O–H groups in total. The van der Waals surface area contributed by atoms with Gasteiger partial charge in [-0.05, 0) is 6.42 Å². The number of alkyl halides is 3. The van der Waals surface area contributed by atoms with Gasteiger partial charge in [0.25, 0.3) is 0 Å². The minimum atomic E-state index is -4.53. The smallest absolute Gasteiger partial charge is 0.345 e. The maximum absolute atomic E-state index is 11.9. The standard InChI is InChI=1S/C10H14F3N3O3/c1-2-6-9(19)16(8(18)3-14-6)4-7(17)15-5-10(11,12)13/h6,14H,2-5H2,1H3,(H,15,17). The van der Waals surface area contributed by atoms with Crippen LogP contribution in [0.1, 0.15) is 13.3 Å². The van der Waals surface area contributed by atoms with E-state index in [1.54, 1.807) is 12.2 Å². The van der Waals surface area contributed by atoms with Crippen molar-refractivity contribution in [1.82, 2.24) is 15.5 Å². The van der Waals surface area contributed by atoms with E-state index >= 15 is 0 Å². The zero-order valence-corrected chi connectivity index (χ0v) is 10.2. The molecule has 6 nitrogen and oxygen atoms in total. The molecule has 1 atom stereocenters. The Balaban J connectivity index is 2.56. The second kappa shape index (κ2) is 6.00. The van der Waals surface area contributed by atoms with Crippen LogP contribution in [0.5, 0.6) is 0 Å². The van der Waals surface area contributed by atoms with Crippen molar-refractivity contribution in [3.8, 4) is 0 Å². The molecule has 1 aliphatic heterocycles. The number of carbonyl (C=O) groups excluding carboxylic acids is 3. The summed E-state index contributed by atoms with van der Waals surface area (Å²) in [6.45, 7) is -0.576. The second-order valence-corrected chi connectivity index (χ2v) is 4.05. The molecule has 0 spiro atoms. The van der Waals surface area contributed by atoms with Crippen molar-refractivity contribution in [2.75, 3.05) is 19.6 Å². The van der Waals surface area contributed by atoms with Gasteiger partial charge in [-0.2, -0.15) is 13.2 Å². The molecule has 1 unspecified atom stereocenters. The maximum atomic E-state index is 11.9. The lowest BCUT2D eigenvalue weighted by Gasteiger charge is -2.30. The van der Waals surface area contributed by atoms with Crippen LogP contribution >= 0.6 is 0 Å². The number of nitrogens with one attached hydrogen (secondary N) is 2. The van der Waals surface area contributed by atoms with Gasteiger partial charge in [0.2, 0.25) is 17.7 Å². The number of imide groups is 1. The summed E-state index contributed by atoms with van der Waals surface area (Å²) in [5.41, 5.74) is 0. The molecule has 3 amide bonds. The molecule has 0 aromatic heterocycles. The van der Waals surface area contributed by atoms with Crippen molar-refractivity contribution in [3.05, 3.63) is 0 Å². The molecule has 19 heavy (non-hydrogen) atoms. The van der Waals surface area contributed by atoms with Crippen molar-refractivity contribution in [3.63, 3.8) is 0 Å². The van der Waals surface area contributed by atoms with Crippen molar-refractivity contribution in [2.45, 2.75) is 25.6 Å². The number of nitrogens with zero attached hydrogens (tertiary/aromatic N) is 1. The molecule has 108 valence electrons. The molecule has 1 rings (SSSR count). The van der Waals surface area contributed by atoms with Crippen LogP contribution in [0.3, 0.4) is 0 Å². The fourth-order valence-electron chi connectivity index (χ4n) is 1.59. The minimum absolute atomic E-state index is 0.114. The highest BCUT2D eigenvalue weighted by atomic mass is 19.4. The van der Waals surface area contributed by atoms with Crippen LogP contribution in [0.25, 0.3) is 0 Å². The van der Waals surface area contributed by atoms with Gasteiger partial charge >= 0.3 is 6.18 Å². The highest BCUT2D eigenvalue weighted by Gasteiger charge is 2.34. The molecular weight excluding hydrogens is 267 g/mol. The van der Waals surface area contributed by atoms with Gasteiger partial charge in [0.15, 0.2) is 0 Å². The highest BCUT2D eigenvalue weighted by Crippen LogP contribution is 2.12. The summed E-state index contributed by atoms with van der Waals surface area (Å²) in [5.74, 6) is -2.24. The Hall–Kier alpha value is -1.64. The number of carbonyl (C=O) groups is 3. The Bertz CT molecular complexity index is 384. The summed E-state index contributed by atoms with van der Waals surface area (Å²) < 4.78 is 35.7. The molecular formula is C10H14F3N3O3. The number of hydrogen-bond acceptors (Lipinski definition) is 4. The van der Waals surface area contributed by atoms with Crippen LogP contribution in [0.4, 0.5) is 13.2 Å². The first-order valence-electron chi connectivity index (χ1n) is 5.65. The largest absolute Gasteiger partial charge is 0.405 e. The van der Waals surface area contributed by atoms with Gasteiger partial charge in [-0.1, -0.05) is 6.92 Å². The molecule has 0 radical (unpaired) electrons. The van der Waals surface area contributed by atoms with Crippen LogP contribution < -0.4 is 10.6 Å². The maximum Gasteiger partial charge on any atom is 0.405 e. The van der Waals surface area contributed by atoms with E-state index in [4.69, 9.17) is 0 Å². The van der Waals surface area contributed by atoms with E-state index < -0.39 is 43.0 Å². The molecule has 0 aromatic carbocycles. The Morgan fingerprint density at radius 3 is 2.63 bits per heavy atom. The van der Waals surface area contributed by atoms with Gasteiger partial charge in [0.05, 0.1) is 12.6 Å². The zero-order valence-electron chi connectivity index (χ0n) is 10.2. The summed E-state index contributed by atoms with van der Waals surface area (Å²) in [7, 11) is 0. The monoisotopic (exact) mass is 281 g/mol. The molecule has 1 fully saturated rings. The summed E-state index contributed by atoms with van der Waals surface area (Å²) in [6, 6.07) is -0.590. The van der Waals surface area contributed by atoms with Crippen molar-refractivity contribution < 1.29 is 27.6 Å². The Morgan fingerprint density at radius 2 is 2.11 bits per heavy atom. The summed E-state index contributed by atoms with van der Waals surface area (Å²) in [6.07, 6.45) is -4.11. The first-order valence-corrected chi connectivity index (χ1v) is 5.65. The van der Waals surface area contributed by atoms with Gasteiger partial charge in [0.1, 0.15) is 13.1 Å². The lowest BCUT2D eigenvalue weighted by atomic mass is 10.1. The molecule has 1 saturated heterocycles. The molecule has 0 bridgehead atoms. The number of halogens is 3. The number of rotatable bonds is 4. The number of amides is 3. The van der Waals surface area contributed by atoms with Gasteiger partial charge in [-0.15, -0.1) is 0 Å². The SMILES string of the molecule is CCC1NCC(=O)N(CC(=O)NCC(F)(F)F)C1=O. The van der Waals surface area contributed by atoms with Crippen LogP contribution in [0.2, 0.25) is 0 Å². The average Bonchev–Trinajstić information content (AvgIpc) is 2.31. The van der Waals surface area contributed by atoms with Gasteiger partial charge in [-0.3, -0.25) is 24.6 Å². The van der Waals surface area contributed by atoms with E-state index in [-0.39, 0.29) is 6.54 Å². The van der Waals surface area contributed by atoms with Crippen molar-refractivity contribution in [1.29, 1.82) is 0 Å². The minimum Gasteiger partial charge on any atom is -0.345 e. The molecule has 9 heteroatoms. The summed E-state index contributed by atoms with van der Waals surface area (Å²) in [4.78, 5) is 35.1. The molecule has 0 aromatic rings. The van der Waals surface area contributed by atoms with Gasteiger partial charge in [-0.25, -0.2) is 0 Å². The number of hydrogen-bond donors (Lipinski definition) is 2. The van der Waals surface area contributed by atoms with E-state index in [0.29, 0.717) is 11.3 Å². The first kappa shape index (κ1) is 15.4. The third kappa shape index (κ3) is 4.51. The molecule has 0 saturated carbocycles. The first-order chi connectivity index (χ1) is 8.74. The van der Waals surface area contributed by atoms with E-state index in [9.17, 15) is 27.6 Å². The van der Waals surface area contributed by atoms with Crippen LogP contribution in [0, 0.1) is 0 Å². The molecule has 1 heterocycles. The van der Waals surface area contributed by atoms with E-state index in [0.717, 1.165) is 0 Å². The van der Waals surface area contributed by atoms with E-state index in [1.807, 2.05) is 0 Å². The van der Waals surface area contributed by atoms with Crippen LogP contribution in [-0.4, -0.2) is 54.5 Å². The van der Waals surface area contributed by atoms with Crippen molar-refractivity contribution >= 4 is 17.7 Å². The lowest BCUT2D eigenvalue weighted by molar-refractivity contribution is -0.153. The fourth-order valence-corrected chi connectivity index (χ4v) is 1.59. The van der Waals surface area contributed by atoms with Gasteiger partial charge in [0, 0.05) is 0 Å². The normalized spacial score (nSPS) is 20.6. The Morgan fingerprint density at radius 1 is 1.47 bits per heavy atom. The van der Waals surface area contributed by atoms with Gasteiger partial charge < -0.3 is 5.32 Å². The third-order valence-electron chi connectivity index (χ3n) is 2.56. The zero-order chi connectivity index (χ0) is 14.6. The highest BCUT2D eigenvalue weighted by molar-refractivity contribution is 6.03. The van der Waals surface area contributed by atoms with Crippen LogP contribution in [-0.2, 0) is 14.4 Å². The van der Waals surface area contributed by atoms with Crippen molar-refractivity contribution in [2.24, 2.45) is 0 Å². The summed E-state index contributed by atoms with van der Waals surface area (Å²) >= 11 is 0. The lowest BCUT2D eigenvalue weighted by Crippen LogP contribution is -2.59. The topological polar surface area (TPSA) is 78.5 Å². The van der Waals surface area contributed by atoms with E-state index in [1.165, 1.54) is 0 Å². The fraction of sp³-hybridized carbons (Fsp3) is 0.700. The second-order valence-electron chi connectivity index (χ2n) is 4.05. The molecule has 0 aliphatic carbocycles. The average molecular weight is 281 g/mol. The summed E-state index contributed by atoms with van der Waals surface area (Å²) in [5, 5.41) is 4.29. The Labute approximate surface area is 107 Å². The van der Waals surface area contributed by atoms with Crippen LogP contribution in [0.15, 0.2) is 0 Å². The molecule has 1 aliphatic rings. The Kier molecular flexibility index (Phi) is 4.87.